The van der Waals surface area contributed by atoms with Crippen LogP contribution in [0.1, 0.15) is 19.8 Å². The van der Waals surface area contributed by atoms with Crippen molar-refractivity contribution in [3.05, 3.63) is 0 Å². The lowest BCUT2D eigenvalue weighted by atomic mass is 10.1. The Balaban J connectivity index is 2.23. The van der Waals surface area contributed by atoms with Gasteiger partial charge in [0.2, 0.25) is 11.8 Å². The summed E-state index contributed by atoms with van der Waals surface area (Å²) >= 11 is 0. The summed E-state index contributed by atoms with van der Waals surface area (Å²) in [5.41, 5.74) is 0. The molecule has 0 radical (unpaired) electrons. The zero-order chi connectivity index (χ0) is 8.72. The zero-order valence-corrected chi connectivity index (χ0v) is 7.04. The van der Waals surface area contributed by atoms with E-state index in [2.05, 4.69) is 5.32 Å². The number of rotatable bonds is 0. The second-order valence-electron chi connectivity index (χ2n) is 3.42. The van der Waals surface area contributed by atoms with Gasteiger partial charge in [0.25, 0.3) is 0 Å². The highest BCUT2D eigenvalue weighted by atomic mass is 16.2. The van der Waals surface area contributed by atoms with Gasteiger partial charge in [-0.1, -0.05) is 0 Å². The fourth-order valence-corrected chi connectivity index (χ4v) is 1.92. The summed E-state index contributed by atoms with van der Waals surface area (Å²) in [6.07, 6.45) is 1.78. The van der Waals surface area contributed by atoms with Gasteiger partial charge in [-0.3, -0.25) is 9.59 Å². The van der Waals surface area contributed by atoms with Crippen molar-refractivity contribution in [2.75, 3.05) is 6.54 Å². The first-order valence-electron chi connectivity index (χ1n) is 4.31. The second kappa shape index (κ2) is 2.47. The molecule has 2 heterocycles. The summed E-state index contributed by atoms with van der Waals surface area (Å²) in [5.74, 6) is 0.0803. The molecule has 1 N–H and O–H groups in total. The first-order valence-corrected chi connectivity index (χ1v) is 4.31. The van der Waals surface area contributed by atoms with Gasteiger partial charge in [0, 0.05) is 6.54 Å². The van der Waals surface area contributed by atoms with Gasteiger partial charge < -0.3 is 10.2 Å². The molecule has 2 saturated heterocycles. The third kappa shape index (κ3) is 0.906. The smallest absolute Gasteiger partial charge is 0.245 e. The van der Waals surface area contributed by atoms with E-state index >= 15 is 0 Å². The third-order valence-electron chi connectivity index (χ3n) is 2.57. The van der Waals surface area contributed by atoms with Crippen LogP contribution in [0.4, 0.5) is 0 Å². The summed E-state index contributed by atoms with van der Waals surface area (Å²) in [5, 5.41) is 2.67. The Morgan fingerprint density at radius 1 is 1.50 bits per heavy atom. The normalized spacial score (nSPS) is 34.9. The predicted octanol–water partition coefficient (Wildman–Crippen LogP) is -0.504. The van der Waals surface area contributed by atoms with Gasteiger partial charge in [-0.15, -0.1) is 0 Å². The van der Waals surface area contributed by atoms with Crippen molar-refractivity contribution in [3.8, 4) is 0 Å². The summed E-state index contributed by atoms with van der Waals surface area (Å²) in [7, 11) is 0. The maximum atomic E-state index is 11.5. The molecule has 0 aromatic rings. The molecule has 0 spiro atoms. The van der Waals surface area contributed by atoms with Gasteiger partial charge in [-0.2, -0.15) is 0 Å². The Kier molecular flexibility index (Phi) is 1.56. The molecule has 4 nitrogen and oxygen atoms in total. The summed E-state index contributed by atoms with van der Waals surface area (Å²) in [4.78, 5) is 24.5. The average Bonchev–Trinajstić information content (AvgIpc) is 2.48. The lowest BCUT2D eigenvalue weighted by molar-refractivity contribution is -0.146. The van der Waals surface area contributed by atoms with Crippen LogP contribution in [0.25, 0.3) is 0 Å². The first-order chi connectivity index (χ1) is 5.70. The van der Waals surface area contributed by atoms with E-state index in [9.17, 15) is 9.59 Å². The highest BCUT2D eigenvalue weighted by molar-refractivity contribution is 5.97. The van der Waals surface area contributed by atoms with E-state index in [1.165, 1.54) is 0 Å². The van der Waals surface area contributed by atoms with Crippen LogP contribution in [-0.4, -0.2) is 35.3 Å². The van der Waals surface area contributed by atoms with Crippen LogP contribution in [0.2, 0.25) is 0 Å². The Hall–Kier alpha value is -1.06. The average molecular weight is 168 g/mol. The maximum Gasteiger partial charge on any atom is 0.245 e. The molecular weight excluding hydrogens is 156 g/mol. The lowest BCUT2D eigenvalue weighted by Crippen LogP contribution is -2.59. The van der Waals surface area contributed by atoms with Gasteiger partial charge in [-0.05, 0) is 19.8 Å². The van der Waals surface area contributed by atoms with Crippen molar-refractivity contribution in [1.82, 2.24) is 10.2 Å². The largest absolute Gasteiger partial charge is 0.343 e. The fourth-order valence-electron chi connectivity index (χ4n) is 1.92. The minimum Gasteiger partial charge on any atom is -0.343 e. The Labute approximate surface area is 70.9 Å². The first kappa shape index (κ1) is 7.58. The quantitative estimate of drug-likeness (QED) is 0.530. The third-order valence-corrected chi connectivity index (χ3v) is 2.57. The highest BCUT2D eigenvalue weighted by Crippen LogP contribution is 2.21. The van der Waals surface area contributed by atoms with Crippen LogP contribution < -0.4 is 5.32 Å². The SMILES string of the molecule is C[C@@H]1NC(=O)[C@H]2CCCN2C1=O. The van der Waals surface area contributed by atoms with Crippen LogP contribution in [0.5, 0.6) is 0 Å². The molecule has 2 fully saturated rings. The fraction of sp³-hybridized carbons (Fsp3) is 0.750. The number of carbonyl (C=O) groups is 2. The van der Waals surface area contributed by atoms with Crippen molar-refractivity contribution < 1.29 is 9.59 Å². The molecule has 2 aliphatic heterocycles. The molecule has 2 atom stereocenters. The van der Waals surface area contributed by atoms with E-state index in [1.807, 2.05) is 0 Å². The number of amides is 2. The monoisotopic (exact) mass is 168 g/mol. The van der Waals surface area contributed by atoms with Gasteiger partial charge in [0.15, 0.2) is 0 Å². The summed E-state index contributed by atoms with van der Waals surface area (Å²) in [6, 6.07) is -0.499. The van der Waals surface area contributed by atoms with Crippen molar-refractivity contribution >= 4 is 11.8 Å². The van der Waals surface area contributed by atoms with Crippen molar-refractivity contribution in [2.24, 2.45) is 0 Å². The van der Waals surface area contributed by atoms with Crippen LogP contribution in [0.15, 0.2) is 0 Å². The molecule has 2 rings (SSSR count). The minimum absolute atomic E-state index is 0.0135. The van der Waals surface area contributed by atoms with Gasteiger partial charge in [0.1, 0.15) is 12.1 Å². The number of piperazine rings is 1. The number of nitrogens with one attached hydrogen (secondary N) is 1. The second-order valence-corrected chi connectivity index (χ2v) is 3.42. The zero-order valence-electron chi connectivity index (χ0n) is 7.04. The standard InChI is InChI=1S/C8H12N2O2/c1-5-8(12)10-4-2-3-6(10)7(11)9-5/h5-6H,2-4H2,1H3,(H,9,11)/t5-,6+/m0/s1. The van der Waals surface area contributed by atoms with E-state index in [1.54, 1.807) is 11.8 Å². The van der Waals surface area contributed by atoms with E-state index < -0.39 is 0 Å². The molecule has 0 unspecified atom stereocenters. The van der Waals surface area contributed by atoms with E-state index in [4.69, 9.17) is 0 Å². The van der Waals surface area contributed by atoms with E-state index in [-0.39, 0.29) is 23.9 Å². The summed E-state index contributed by atoms with van der Waals surface area (Å²) < 4.78 is 0. The number of hydrogen-bond acceptors (Lipinski definition) is 2. The molecule has 0 bridgehead atoms. The van der Waals surface area contributed by atoms with Crippen molar-refractivity contribution in [1.29, 1.82) is 0 Å². The Morgan fingerprint density at radius 2 is 2.25 bits per heavy atom. The van der Waals surface area contributed by atoms with Crippen molar-refractivity contribution in [2.45, 2.75) is 31.8 Å². The van der Waals surface area contributed by atoms with E-state index in [0.29, 0.717) is 0 Å². The van der Waals surface area contributed by atoms with Crippen LogP contribution in [0.3, 0.4) is 0 Å². The van der Waals surface area contributed by atoms with Gasteiger partial charge in [0.05, 0.1) is 0 Å². The van der Waals surface area contributed by atoms with Crippen LogP contribution in [0, 0.1) is 0 Å². The summed E-state index contributed by atoms with van der Waals surface area (Å²) in [6.45, 7) is 2.48. The Morgan fingerprint density at radius 3 is 3.00 bits per heavy atom. The molecule has 0 aromatic carbocycles. The molecule has 2 amide bonds. The van der Waals surface area contributed by atoms with Gasteiger partial charge in [-0.25, -0.2) is 0 Å². The number of nitrogens with zero attached hydrogens (tertiary/aromatic N) is 1. The molecule has 12 heavy (non-hydrogen) atoms. The minimum atomic E-state index is -0.327. The number of carbonyl (C=O) groups excluding carboxylic acids is 2. The number of hydrogen-bond donors (Lipinski definition) is 1. The molecular formula is C8H12N2O2. The topological polar surface area (TPSA) is 49.4 Å². The molecule has 4 heteroatoms. The predicted molar refractivity (Wildman–Crippen MR) is 42.3 cm³/mol. The van der Waals surface area contributed by atoms with Crippen molar-refractivity contribution in [3.63, 3.8) is 0 Å². The number of fused-ring (bicyclic) bond motifs is 1. The molecule has 0 saturated carbocycles. The lowest BCUT2D eigenvalue weighted by Gasteiger charge is -2.32. The Bertz CT molecular complexity index is 239. The highest BCUT2D eigenvalue weighted by Gasteiger charge is 2.40. The maximum absolute atomic E-state index is 11.5. The van der Waals surface area contributed by atoms with Crippen LogP contribution in [-0.2, 0) is 9.59 Å². The van der Waals surface area contributed by atoms with Crippen LogP contribution >= 0.6 is 0 Å². The molecule has 2 aliphatic rings. The van der Waals surface area contributed by atoms with E-state index in [0.717, 1.165) is 19.4 Å². The van der Waals surface area contributed by atoms with Gasteiger partial charge >= 0.3 is 0 Å². The molecule has 0 aromatic heterocycles. The molecule has 66 valence electrons. The molecule has 0 aliphatic carbocycles.